The predicted octanol–water partition coefficient (Wildman–Crippen LogP) is 4.22. The minimum absolute atomic E-state index is 0.0696. The van der Waals surface area contributed by atoms with Crippen LogP contribution >= 0.6 is 0 Å². The Kier molecular flexibility index (Phi) is 6.53. The summed E-state index contributed by atoms with van der Waals surface area (Å²) in [7, 11) is 3.37. The van der Waals surface area contributed by atoms with E-state index in [1.165, 1.54) is 4.90 Å². The van der Waals surface area contributed by atoms with E-state index in [0.717, 1.165) is 22.9 Å². The van der Waals surface area contributed by atoms with Gasteiger partial charge in [0, 0.05) is 45.2 Å². The van der Waals surface area contributed by atoms with E-state index < -0.39 is 0 Å². The highest BCUT2D eigenvalue weighted by molar-refractivity contribution is 5.98. The number of furan rings is 1. The first kappa shape index (κ1) is 23.3. The van der Waals surface area contributed by atoms with E-state index in [2.05, 4.69) is 16.4 Å². The molecule has 5 rings (SSSR count). The van der Waals surface area contributed by atoms with Gasteiger partial charge in [-0.3, -0.25) is 14.3 Å². The van der Waals surface area contributed by atoms with E-state index in [0.29, 0.717) is 43.1 Å². The third-order valence-corrected chi connectivity index (χ3v) is 6.07. The van der Waals surface area contributed by atoms with Crippen molar-refractivity contribution in [1.29, 1.82) is 0 Å². The topological polar surface area (TPSA) is 93.7 Å². The smallest absolute Gasteiger partial charge is 0.289 e. The van der Waals surface area contributed by atoms with Gasteiger partial charge < -0.3 is 19.0 Å². The van der Waals surface area contributed by atoms with Crippen LogP contribution in [-0.2, 0) is 11.3 Å². The Balaban J connectivity index is 1.44. The minimum atomic E-state index is -0.223. The zero-order valence-electron chi connectivity index (χ0n) is 20.3. The molecule has 0 bridgehead atoms. The molecule has 36 heavy (non-hydrogen) atoms. The molecule has 0 N–H and O–H groups in total. The fraction of sp³-hybridized carbons (Fsp3) is 0.259. The van der Waals surface area contributed by atoms with Crippen molar-refractivity contribution in [3.63, 3.8) is 0 Å². The first-order valence-corrected chi connectivity index (χ1v) is 11.8. The van der Waals surface area contributed by atoms with Crippen molar-refractivity contribution in [3.8, 4) is 11.5 Å². The summed E-state index contributed by atoms with van der Waals surface area (Å²) in [5.74, 6) is 1.27. The van der Waals surface area contributed by atoms with E-state index in [1.807, 2.05) is 47.4 Å². The summed E-state index contributed by atoms with van der Waals surface area (Å²) in [6, 6.07) is 15.1. The molecule has 2 amide bonds. The normalized spacial score (nSPS) is 13.5. The van der Waals surface area contributed by atoms with Crippen molar-refractivity contribution >= 4 is 28.4 Å². The number of fused-ring (bicyclic) bond motifs is 1. The molecule has 1 aliphatic rings. The highest BCUT2D eigenvalue weighted by Crippen LogP contribution is 2.36. The number of rotatable bonds is 7. The van der Waals surface area contributed by atoms with E-state index in [1.54, 1.807) is 37.2 Å². The summed E-state index contributed by atoms with van der Waals surface area (Å²) in [6.07, 6.45) is 6.62. The molecule has 9 heteroatoms. The summed E-state index contributed by atoms with van der Waals surface area (Å²) in [4.78, 5) is 28.8. The van der Waals surface area contributed by atoms with Gasteiger partial charge in [0.15, 0.2) is 17.1 Å². The van der Waals surface area contributed by atoms with Crippen LogP contribution in [0.4, 0.5) is 0 Å². The number of hydrogen-bond acceptors (Lipinski definition) is 6. The number of nitrogens with zero attached hydrogens (tertiary/aromatic N) is 5. The molecule has 2 aromatic heterocycles. The van der Waals surface area contributed by atoms with E-state index in [-0.39, 0.29) is 17.6 Å². The summed E-state index contributed by atoms with van der Waals surface area (Å²) >= 11 is 0. The van der Waals surface area contributed by atoms with Gasteiger partial charge >= 0.3 is 0 Å². The number of ether oxygens (including phenoxy) is 1. The van der Waals surface area contributed by atoms with Gasteiger partial charge in [-0.2, -0.15) is 0 Å². The quantitative estimate of drug-likeness (QED) is 0.389. The highest BCUT2D eigenvalue weighted by atomic mass is 16.5. The van der Waals surface area contributed by atoms with Crippen molar-refractivity contribution in [1.82, 2.24) is 24.8 Å². The second kappa shape index (κ2) is 10.1. The molecule has 0 radical (unpaired) electrons. The van der Waals surface area contributed by atoms with Crippen molar-refractivity contribution in [2.24, 2.45) is 0 Å². The summed E-state index contributed by atoms with van der Waals surface area (Å²) < 4.78 is 13.8. The maximum Gasteiger partial charge on any atom is 0.289 e. The van der Waals surface area contributed by atoms with Crippen LogP contribution < -0.4 is 4.74 Å². The van der Waals surface area contributed by atoms with Crippen molar-refractivity contribution in [2.75, 3.05) is 27.2 Å². The SMILES string of the molecule is CN(C)C(=O)c1cc2cc(C3=CCCN(C(=O)CCn4ccnn4)C3)cc(Oc3ccccc3)c2o1. The standard InChI is InChI=1S/C27H27N5O4/c1-30(2)27(34)24-17-21-15-20(16-23(26(21)36-24)35-22-8-4-3-5-9-22)19-7-6-12-31(18-19)25(33)10-13-32-14-11-28-29-32/h3-5,7-9,11,14-17H,6,10,12-13,18H2,1-2H3. The molecule has 0 unspecified atom stereocenters. The molecule has 3 heterocycles. The number of amides is 2. The van der Waals surface area contributed by atoms with Crippen LogP contribution in [0.25, 0.3) is 16.5 Å². The van der Waals surface area contributed by atoms with Crippen LogP contribution in [0.3, 0.4) is 0 Å². The van der Waals surface area contributed by atoms with Gasteiger partial charge in [0.2, 0.25) is 5.91 Å². The molecule has 0 saturated heterocycles. The minimum Gasteiger partial charge on any atom is -0.453 e. The zero-order chi connectivity index (χ0) is 25.1. The van der Waals surface area contributed by atoms with E-state index in [4.69, 9.17) is 9.15 Å². The van der Waals surface area contributed by atoms with E-state index in [9.17, 15) is 9.59 Å². The third kappa shape index (κ3) is 5.00. The Labute approximate surface area is 208 Å². The molecule has 0 atom stereocenters. The Morgan fingerprint density at radius 2 is 1.97 bits per heavy atom. The summed E-state index contributed by atoms with van der Waals surface area (Å²) in [5.41, 5.74) is 2.45. The maximum absolute atomic E-state index is 12.9. The van der Waals surface area contributed by atoms with Gasteiger partial charge in [-0.1, -0.05) is 29.5 Å². The predicted molar refractivity (Wildman–Crippen MR) is 135 cm³/mol. The molecule has 0 saturated carbocycles. The fourth-order valence-corrected chi connectivity index (χ4v) is 4.21. The lowest BCUT2D eigenvalue weighted by Gasteiger charge is -2.28. The van der Waals surface area contributed by atoms with Crippen molar-refractivity contribution < 1.29 is 18.7 Å². The van der Waals surface area contributed by atoms with Gasteiger partial charge in [0.25, 0.3) is 5.91 Å². The molecule has 4 aromatic rings. The molecule has 184 valence electrons. The lowest BCUT2D eigenvalue weighted by atomic mass is 9.99. The second-order valence-electron chi connectivity index (χ2n) is 8.87. The maximum atomic E-state index is 12.9. The van der Waals surface area contributed by atoms with Gasteiger partial charge in [-0.15, -0.1) is 5.10 Å². The average molecular weight is 486 g/mol. The number of carbonyl (C=O) groups is 2. The number of carbonyl (C=O) groups excluding carboxylic acids is 2. The van der Waals surface area contributed by atoms with Crippen LogP contribution in [0.5, 0.6) is 11.5 Å². The highest BCUT2D eigenvalue weighted by Gasteiger charge is 2.22. The van der Waals surface area contributed by atoms with Crippen LogP contribution in [0, 0.1) is 0 Å². The zero-order valence-corrected chi connectivity index (χ0v) is 20.3. The molecular formula is C27H27N5O4. The largest absolute Gasteiger partial charge is 0.453 e. The van der Waals surface area contributed by atoms with Crippen LogP contribution in [0.1, 0.15) is 29.0 Å². The summed E-state index contributed by atoms with van der Waals surface area (Å²) in [5, 5.41) is 8.48. The van der Waals surface area contributed by atoms with Gasteiger partial charge in [-0.25, -0.2) is 0 Å². The Morgan fingerprint density at radius 1 is 1.14 bits per heavy atom. The van der Waals surface area contributed by atoms with Gasteiger partial charge in [0.1, 0.15) is 5.75 Å². The monoisotopic (exact) mass is 485 g/mol. The number of para-hydroxylation sites is 1. The molecular weight excluding hydrogens is 458 g/mol. The molecule has 9 nitrogen and oxygen atoms in total. The van der Waals surface area contributed by atoms with Crippen LogP contribution in [0.2, 0.25) is 0 Å². The lowest BCUT2D eigenvalue weighted by Crippen LogP contribution is -2.35. The van der Waals surface area contributed by atoms with Crippen LogP contribution in [0.15, 0.2) is 71.4 Å². The number of aromatic nitrogens is 3. The number of aryl methyl sites for hydroxylation is 1. The van der Waals surface area contributed by atoms with Crippen molar-refractivity contribution in [2.45, 2.75) is 19.4 Å². The molecule has 0 spiro atoms. The fourth-order valence-electron chi connectivity index (χ4n) is 4.21. The van der Waals surface area contributed by atoms with Crippen molar-refractivity contribution in [3.05, 3.63) is 78.3 Å². The van der Waals surface area contributed by atoms with Gasteiger partial charge in [-0.05, 0) is 47.9 Å². The Hall–Kier alpha value is -4.40. The Morgan fingerprint density at radius 3 is 2.72 bits per heavy atom. The van der Waals surface area contributed by atoms with Crippen LogP contribution in [-0.4, -0.2) is 63.8 Å². The first-order chi connectivity index (χ1) is 17.5. The molecule has 1 aliphatic heterocycles. The summed E-state index contributed by atoms with van der Waals surface area (Å²) in [6.45, 7) is 1.66. The molecule has 0 fully saturated rings. The third-order valence-electron chi connectivity index (χ3n) is 6.07. The Bertz CT molecular complexity index is 1410. The number of benzene rings is 2. The molecule has 2 aromatic carbocycles. The first-order valence-electron chi connectivity index (χ1n) is 11.8. The van der Waals surface area contributed by atoms with Gasteiger partial charge in [0.05, 0.1) is 12.7 Å². The average Bonchev–Trinajstić information content (AvgIpc) is 3.57. The lowest BCUT2D eigenvalue weighted by molar-refractivity contribution is -0.131. The number of hydrogen-bond donors (Lipinski definition) is 0. The molecule has 0 aliphatic carbocycles. The van der Waals surface area contributed by atoms with E-state index >= 15 is 0 Å². The second-order valence-corrected chi connectivity index (χ2v) is 8.87.